The van der Waals surface area contributed by atoms with Gasteiger partial charge in [0.15, 0.2) is 18.3 Å². The molecular weight excluding hydrogens is 649 g/mol. The van der Waals surface area contributed by atoms with Gasteiger partial charge in [-0.15, -0.1) is 0 Å². The highest BCUT2D eigenvalue weighted by atomic mass is 19.1. The number of halogens is 1. The van der Waals surface area contributed by atoms with Gasteiger partial charge in [0.25, 0.3) is 0 Å². The smallest absolute Gasteiger partial charge is 0.339 e. The summed E-state index contributed by atoms with van der Waals surface area (Å²) in [5, 5.41) is 0. The molecule has 3 unspecified atom stereocenters. The number of likely N-dealkylation sites (tertiary alicyclic amines) is 1. The predicted molar refractivity (Wildman–Crippen MR) is 164 cm³/mol. The molecule has 2 heterocycles. The Balaban J connectivity index is 1.54. The van der Waals surface area contributed by atoms with Crippen LogP contribution in [0.1, 0.15) is 63.8 Å². The molecule has 2 fully saturated rings. The highest BCUT2D eigenvalue weighted by molar-refractivity contribution is 5.86. The van der Waals surface area contributed by atoms with Crippen LogP contribution in [0.25, 0.3) is 0 Å². The summed E-state index contributed by atoms with van der Waals surface area (Å²) < 4.78 is 51.6. The first-order valence-electron chi connectivity index (χ1n) is 15.4. The number of amides is 1. The second-order valence-electron chi connectivity index (χ2n) is 11.6. The van der Waals surface area contributed by atoms with Crippen LogP contribution in [0, 0.1) is 11.7 Å². The van der Waals surface area contributed by atoms with Crippen LogP contribution < -0.4 is 4.74 Å². The Morgan fingerprint density at radius 1 is 0.816 bits per heavy atom. The molecule has 2 aliphatic rings. The fraction of sp³-hybridized carbons (Fsp3) is 0.471. The second-order valence-corrected chi connectivity index (χ2v) is 11.6. The SMILES string of the molecule is COC(=O)[C@H]1O[C@@H](Oc2ccc([C@@H]3C(CC[C@H](OC(C)=O)c4ccc(F)cc4)C(=O)N3C)cc2)C(OC(C)=O)[C@@H](OC(C)=O)C1OC(C)=O. The third-order valence-electron chi connectivity index (χ3n) is 8.06. The Bertz CT molecular complexity index is 1550. The van der Waals surface area contributed by atoms with E-state index in [-0.39, 0.29) is 17.7 Å². The zero-order chi connectivity index (χ0) is 36.0. The monoisotopic (exact) mass is 687 g/mol. The first-order chi connectivity index (χ1) is 23.2. The Hall–Kier alpha value is -5.05. The van der Waals surface area contributed by atoms with E-state index in [1.165, 1.54) is 31.2 Å². The van der Waals surface area contributed by atoms with Gasteiger partial charge in [-0.3, -0.25) is 24.0 Å². The Kier molecular flexibility index (Phi) is 11.9. The van der Waals surface area contributed by atoms with E-state index in [0.717, 1.165) is 33.4 Å². The van der Waals surface area contributed by atoms with Crippen molar-refractivity contribution in [3.8, 4) is 5.75 Å². The van der Waals surface area contributed by atoms with Gasteiger partial charge < -0.3 is 38.1 Å². The largest absolute Gasteiger partial charge is 0.467 e. The molecule has 0 radical (unpaired) electrons. The number of rotatable bonds is 12. The molecule has 14 nitrogen and oxygen atoms in total. The molecule has 2 saturated heterocycles. The van der Waals surface area contributed by atoms with Crippen molar-refractivity contribution in [1.82, 2.24) is 4.90 Å². The molecule has 264 valence electrons. The summed E-state index contributed by atoms with van der Waals surface area (Å²) in [5.74, 6) is -4.69. The van der Waals surface area contributed by atoms with Crippen LogP contribution in [-0.2, 0) is 57.2 Å². The van der Waals surface area contributed by atoms with Crippen molar-refractivity contribution < 1.29 is 66.3 Å². The quantitative estimate of drug-likeness (QED) is 0.181. The second kappa shape index (κ2) is 15.9. The Morgan fingerprint density at radius 2 is 1.39 bits per heavy atom. The van der Waals surface area contributed by atoms with E-state index in [1.807, 2.05) is 0 Å². The molecule has 2 aromatic rings. The molecule has 0 bridgehead atoms. The van der Waals surface area contributed by atoms with Crippen molar-refractivity contribution in [2.45, 2.75) is 83.4 Å². The molecule has 49 heavy (non-hydrogen) atoms. The van der Waals surface area contributed by atoms with Gasteiger partial charge in [-0.05, 0) is 48.2 Å². The molecule has 0 aromatic heterocycles. The summed E-state index contributed by atoms with van der Waals surface area (Å²) in [6, 6.07) is 11.9. The minimum Gasteiger partial charge on any atom is -0.467 e. The number of ether oxygens (including phenoxy) is 7. The first kappa shape index (κ1) is 36.8. The van der Waals surface area contributed by atoms with Gasteiger partial charge in [0.2, 0.25) is 18.3 Å². The number of carbonyl (C=O) groups excluding carboxylic acids is 6. The molecule has 0 aliphatic carbocycles. The number of hydrogen-bond acceptors (Lipinski definition) is 13. The third-order valence-corrected chi connectivity index (χ3v) is 8.06. The standard InChI is InChI=1S/C34H38FNO13/c1-17(37)44-26(21-7-11-23(35)12-8-21)16-15-25-27(36(5)32(25)41)22-9-13-24(14-10-22)48-34-31(47-20(4)40)29(46-19(3)39)28(45-18(2)38)30(49-34)33(42)43-6/h7-14,25-31,34H,15-16H2,1-6H3/t25?,26-,27+,28?,29-,30-,31?,34+/m0/s1. The highest BCUT2D eigenvalue weighted by Crippen LogP contribution is 2.43. The van der Waals surface area contributed by atoms with Crippen LogP contribution in [0.5, 0.6) is 5.75 Å². The lowest BCUT2D eigenvalue weighted by molar-refractivity contribution is -0.282. The molecule has 15 heteroatoms. The number of methoxy groups -OCH3 is 1. The van der Waals surface area contributed by atoms with Gasteiger partial charge in [0.05, 0.1) is 19.1 Å². The highest BCUT2D eigenvalue weighted by Gasteiger charge is 2.56. The lowest BCUT2D eigenvalue weighted by Crippen LogP contribution is -2.64. The fourth-order valence-electron chi connectivity index (χ4n) is 6.01. The van der Waals surface area contributed by atoms with Gasteiger partial charge in [0.1, 0.15) is 17.7 Å². The van der Waals surface area contributed by atoms with Gasteiger partial charge >= 0.3 is 29.8 Å². The molecule has 0 spiro atoms. The van der Waals surface area contributed by atoms with Gasteiger partial charge in [0, 0.05) is 34.7 Å². The van der Waals surface area contributed by atoms with Crippen molar-refractivity contribution in [1.29, 1.82) is 0 Å². The van der Waals surface area contributed by atoms with E-state index >= 15 is 0 Å². The van der Waals surface area contributed by atoms with Gasteiger partial charge in [-0.2, -0.15) is 0 Å². The zero-order valence-corrected chi connectivity index (χ0v) is 27.8. The average Bonchev–Trinajstić information content (AvgIpc) is 3.04. The molecular formula is C34H38FNO13. The van der Waals surface area contributed by atoms with Crippen molar-refractivity contribution in [3.63, 3.8) is 0 Å². The number of hydrogen-bond donors (Lipinski definition) is 0. The molecule has 0 N–H and O–H groups in total. The summed E-state index contributed by atoms with van der Waals surface area (Å²) in [4.78, 5) is 75.0. The van der Waals surface area contributed by atoms with E-state index in [4.69, 9.17) is 33.2 Å². The topological polar surface area (TPSA) is 170 Å². The molecule has 2 aliphatic heterocycles. The van der Waals surface area contributed by atoms with E-state index in [2.05, 4.69) is 0 Å². The molecule has 2 aromatic carbocycles. The maximum absolute atomic E-state index is 13.5. The van der Waals surface area contributed by atoms with Crippen molar-refractivity contribution in [2.75, 3.05) is 14.2 Å². The number of β-lactam (4-membered cyclic amide) rings is 1. The predicted octanol–water partition coefficient (Wildman–Crippen LogP) is 3.11. The summed E-state index contributed by atoms with van der Waals surface area (Å²) in [5.41, 5.74) is 1.36. The first-order valence-corrected chi connectivity index (χ1v) is 15.4. The number of esters is 5. The maximum atomic E-state index is 13.5. The van der Waals surface area contributed by atoms with Crippen LogP contribution in [-0.4, -0.2) is 85.5 Å². The summed E-state index contributed by atoms with van der Waals surface area (Å²) in [6.45, 7) is 4.54. The van der Waals surface area contributed by atoms with Gasteiger partial charge in [-0.1, -0.05) is 24.3 Å². The molecule has 8 atom stereocenters. The molecule has 1 amide bonds. The van der Waals surface area contributed by atoms with Crippen LogP contribution in [0.4, 0.5) is 4.39 Å². The molecule has 4 rings (SSSR count). The lowest BCUT2D eigenvalue weighted by Gasteiger charge is -2.46. The van der Waals surface area contributed by atoms with Crippen LogP contribution in [0.2, 0.25) is 0 Å². The number of nitrogens with zero attached hydrogens (tertiary/aromatic N) is 1. The van der Waals surface area contributed by atoms with E-state index < -0.39 is 78.4 Å². The average molecular weight is 688 g/mol. The normalized spacial score (nSPS) is 25.2. The third kappa shape index (κ3) is 8.90. The van der Waals surface area contributed by atoms with E-state index in [9.17, 15) is 33.2 Å². The van der Waals surface area contributed by atoms with Crippen LogP contribution in [0.15, 0.2) is 48.5 Å². The summed E-state index contributed by atoms with van der Waals surface area (Å²) in [6.07, 6.45) is -7.63. The van der Waals surface area contributed by atoms with Crippen molar-refractivity contribution in [2.24, 2.45) is 5.92 Å². The fourth-order valence-corrected chi connectivity index (χ4v) is 6.01. The summed E-state index contributed by atoms with van der Waals surface area (Å²) in [7, 11) is 2.75. The minimum atomic E-state index is -1.62. The van der Waals surface area contributed by atoms with Crippen LogP contribution in [0.3, 0.4) is 0 Å². The molecule has 0 saturated carbocycles. The van der Waals surface area contributed by atoms with Crippen molar-refractivity contribution in [3.05, 3.63) is 65.5 Å². The van der Waals surface area contributed by atoms with Crippen LogP contribution >= 0.6 is 0 Å². The van der Waals surface area contributed by atoms with Crippen molar-refractivity contribution >= 4 is 35.8 Å². The minimum absolute atomic E-state index is 0.0986. The number of benzene rings is 2. The van der Waals surface area contributed by atoms with E-state index in [1.54, 1.807) is 36.2 Å². The lowest BCUT2D eigenvalue weighted by atomic mass is 9.79. The summed E-state index contributed by atoms with van der Waals surface area (Å²) >= 11 is 0. The van der Waals surface area contributed by atoms with Gasteiger partial charge in [-0.25, -0.2) is 9.18 Å². The van der Waals surface area contributed by atoms with E-state index in [0.29, 0.717) is 18.4 Å². The zero-order valence-electron chi connectivity index (χ0n) is 27.8. The number of carbonyl (C=O) groups is 6. The Labute approximate surface area is 281 Å². The Morgan fingerprint density at radius 3 is 1.94 bits per heavy atom. The maximum Gasteiger partial charge on any atom is 0.339 e.